The summed E-state index contributed by atoms with van der Waals surface area (Å²) < 4.78 is 11.2. The first-order valence-corrected chi connectivity index (χ1v) is 8.09. The van der Waals surface area contributed by atoms with Crippen LogP contribution in [0.25, 0.3) is 23.1 Å². The van der Waals surface area contributed by atoms with E-state index in [2.05, 4.69) is 39.4 Å². The Kier molecular flexibility index (Phi) is 2.88. The lowest BCUT2D eigenvalue weighted by atomic mass is 9.89. The van der Waals surface area contributed by atoms with Gasteiger partial charge in [0, 0.05) is 17.8 Å². The molecule has 2 fully saturated rings. The van der Waals surface area contributed by atoms with Crippen LogP contribution in [0.3, 0.4) is 0 Å². The fourth-order valence-corrected chi connectivity index (χ4v) is 3.72. The lowest BCUT2D eigenvalue weighted by Gasteiger charge is -2.13. The van der Waals surface area contributed by atoms with E-state index in [1.54, 1.807) is 0 Å². The van der Waals surface area contributed by atoms with Gasteiger partial charge in [0.2, 0.25) is 0 Å². The van der Waals surface area contributed by atoms with Crippen molar-refractivity contribution in [3.05, 3.63) is 47.7 Å². The van der Waals surface area contributed by atoms with Crippen molar-refractivity contribution in [3.8, 4) is 0 Å². The van der Waals surface area contributed by atoms with Gasteiger partial charge in [0.15, 0.2) is 5.82 Å². The summed E-state index contributed by atoms with van der Waals surface area (Å²) in [6.07, 6.45) is 9.82. The van der Waals surface area contributed by atoms with Gasteiger partial charge in [0.25, 0.3) is 5.89 Å². The van der Waals surface area contributed by atoms with E-state index in [-0.39, 0.29) is 6.10 Å². The quantitative estimate of drug-likeness (QED) is 0.800. The Balaban J connectivity index is 1.36. The SMILES string of the molecule is C(=C\c1nc([C@@H]2C[C@H]3CC[C@@H]2O3)no1)/c1ccc2[nH]ccc2c1. The normalized spacial score (nSPS) is 26.7. The van der Waals surface area contributed by atoms with Crippen molar-refractivity contribution >= 4 is 23.1 Å². The Bertz CT molecular complexity index is 879. The number of rotatable bonds is 3. The summed E-state index contributed by atoms with van der Waals surface area (Å²) in [5.41, 5.74) is 2.25. The van der Waals surface area contributed by atoms with Crippen LogP contribution in [0.1, 0.15) is 42.5 Å². The van der Waals surface area contributed by atoms with Crippen molar-refractivity contribution in [2.75, 3.05) is 0 Å². The zero-order chi connectivity index (χ0) is 15.2. The lowest BCUT2D eigenvalue weighted by molar-refractivity contribution is 0.0996. The predicted molar refractivity (Wildman–Crippen MR) is 86.8 cm³/mol. The summed E-state index contributed by atoms with van der Waals surface area (Å²) in [6.45, 7) is 0. The zero-order valence-corrected chi connectivity index (χ0v) is 12.6. The first-order chi connectivity index (χ1) is 11.3. The standard InChI is InChI=1S/C18H17N3O2/c1-4-15-12(7-8-19-15)9-11(1)2-6-17-20-18(21-23-17)14-10-13-3-5-16(14)22-13/h1-2,4,6-9,13-14,16,19H,3,5,10H2/b6-2+/t13-,14-,16+/m1/s1. The van der Waals surface area contributed by atoms with E-state index >= 15 is 0 Å². The molecular formula is C18H17N3O2. The van der Waals surface area contributed by atoms with E-state index in [1.165, 1.54) is 11.8 Å². The molecule has 4 heterocycles. The van der Waals surface area contributed by atoms with Crippen LogP contribution >= 0.6 is 0 Å². The highest BCUT2D eigenvalue weighted by Gasteiger charge is 2.43. The largest absolute Gasteiger partial charge is 0.374 e. The zero-order valence-electron chi connectivity index (χ0n) is 12.6. The maximum atomic E-state index is 5.87. The van der Waals surface area contributed by atoms with Crippen LogP contribution in [-0.4, -0.2) is 27.3 Å². The van der Waals surface area contributed by atoms with Gasteiger partial charge in [-0.2, -0.15) is 4.98 Å². The number of fused-ring (bicyclic) bond motifs is 3. The van der Waals surface area contributed by atoms with Crippen molar-refractivity contribution in [2.45, 2.75) is 37.4 Å². The van der Waals surface area contributed by atoms with Crippen molar-refractivity contribution in [1.29, 1.82) is 0 Å². The van der Waals surface area contributed by atoms with Crippen LogP contribution in [-0.2, 0) is 4.74 Å². The number of nitrogens with zero attached hydrogens (tertiary/aromatic N) is 2. The molecule has 5 nitrogen and oxygen atoms in total. The van der Waals surface area contributed by atoms with Crippen molar-refractivity contribution in [2.24, 2.45) is 0 Å². The van der Waals surface area contributed by atoms with Gasteiger partial charge in [-0.1, -0.05) is 11.2 Å². The third kappa shape index (κ3) is 2.28. The molecule has 2 aliphatic rings. The second-order valence-corrected chi connectivity index (χ2v) is 6.36. The summed E-state index contributed by atoms with van der Waals surface area (Å²) >= 11 is 0. The van der Waals surface area contributed by atoms with Gasteiger partial charge in [-0.15, -0.1) is 0 Å². The molecule has 0 amide bonds. The van der Waals surface area contributed by atoms with Gasteiger partial charge in [-0.25, -0.2) is 0 Å². The third-order valence-corrected chi connectivity index (χ3v) is 4.89. The summed E-state index contributed by atoms with van der Waals surface area (Å²) in [5, 5.41) is 5.34. The number of benzene rings is 1. The number of hydrogen-bond acceptors (Lipinski definition) is 4. The molecule has 2 saturated heterocycles. The molecule has 23 heavy (non-hydrogen) atoms. The first-order valence-electron chi connectivity index (χ1n) is 8.09. The van der Waals surface area contributed by atoms with Crippen LogP contribution in [0.2, 0.25) is 0 Å². The van der Waals surface area contributed by atoms with Crippen molar-refractivity contribution < 1.29 is 9.26 Å². The summed E-state index contributed by atoms with van der Waals surface area (Å²) in [6, 6.07) is 8.33. The Morgan fingerprint density at radius 1 is 1.17 bits per heavy atom. The highest BCUT2D eigenvalue weighted by atomic mass is 16.5. The second-order valence-electron chi connectivity index (χ2n) is 6.36. The molecule has 2 bridgehead atoms. The minimum atomic E-state index is 0.283. The van der Waals surface area contributed by atoms with Gasteiger partial charge < -0.3 is 14.2 Å². The summed E-state index contributed by atoms with van der Waals surface area (Å²) in [5.74, 6) is 1.64. The molecule has 5 rings (SSSR count). The minimum absolute atomic E-state index is 0.283. The van der Waals surface area contributed by atoms with Gasteiger partial charge in [0.05, 0.1) is 18.1 Å². The Morgan fingerprint density at radius 3 is 3.04 bits per heavy atom. The number of hydrogen-bond donors (Lipinski definition) is 1. The topological polar surface area (TPSA) is 63.9 Å². The minimum Gasteiger partial charge on any atom is -0.374 e. The number of H-pyrrole nitrogens is 1. The monoisotopic (exact) mass is 307 g/mol. The summed E-state index contributed by atoms with van der Waals surface area (Å²) in [4.78, 5) is 7.72. The average Bonchev–Trinajstić information content (AvgIpc) is 3.35. The van der Waals surface area contributed by atoms with Gasteiger partial charge in [-0.05, 0) is 54.5 Å². The van der Waals surface area contributed by atoms with Crippen molar-refractivity contribution in [1.82, 2.24) is 15.1 Å². The van der Waals surface area contributed by atoms with E-state index in [0.29, 0.717) is 17.9 Å². The molecule has 2 aromatic heterocycles. The van der Waals surface area contributed by atoms with Crippen LogP contribution in [0.4, 0.5) is 0 Å². The van der Waals surface area contributed by atoms with Crippen LogP contribution in [0.15, 0.2) is 35.0 Å². The first kappa shape index (κ1) is 13.1. The number of aromatic nitrogens is 3. The average molecular weight is 307 g/mol. The molecule has 0 saturated carbocycles. The number of nitrogens with one attached hydrogen (secondary N) is 1. The van der Waals surface area contributed by atoms with Crippen molar-refractivity contribution in [3.63, 3.8) is 0 Å². The second kappa shape index (κ2) is 5.06. The molecule has 0 unspecified atom stereocenters. The molecule has 3 aromatic rings. The fraction of sp³-hybridized carbons (Fsp3) is 0.333. The molecule has 1 aromatic carbocycles. The lowest BCUT2D eigenvalue weighted by Crippen LogP contribution is -2.15. The molecule has 0 aliphatic carbocycles. The fourth-order valence-electron chi connectivity index (χ4n) is 3.72. The Hall–Kier alpha value is -2.40. The maximum Gasteiger partial charge on any atom is 0.250 e. The van der Waals surface area contributed by atoms with E-state index in [0.717, 1.165) is 29.7 Å². The van der Waals surface area contributed by atoms with E-state index in [4.69, 9.17) is 9.26 Å². The third-order valence-electron chi connectivity index (χ3n) is 4.89. The Labute approximate surface area is 133 Å². The van der Waals surface area contributed by atoms with Crippen LogP contribution in [0.5, 0.6) is 0 Å². The molecule has 0 radical (unpaired) electrons. The number of ether oxygens (including phenoxy) is 1. The Morgan fingerprint density at radius 2 is 2.17 bits per heavy atom. The van der Waals surface area contributed by atoms with Crippen LogP contribution < -0.4 is 0 Å². The molecule has 0 spiro atoms. The highest BCUT2D eigenvalue weighted by Crippen LogP contribution is 2.43. The molecule has 5 heteroatoms. The summed E-state index contributed by atoms with van der Waals surface area (Å²) in [7, 11) is 0. The molecular weight excluding hydrogens is 290 g/mol. The number of aromatic amines is 1. The predicted octanol–water partition coefficient (Wildman–Crippen LogP) is 3.76. The molecule has 3 atom stereocenters. The molecule has 1 N–H and O–H groups in total. The molecule has 116 valence electrons. The van der Waals surface area contributed by atoms with Crippen LogP contribution in [0, 0.1) is 0 Å². The van der Waals surface area contributed by atoms with E-state index in [1.807, 2.05) is 18.3 Å². The van der Waals surface area contributed by atoms with Gasteiger partial charge >= 0.3 is 0 Å². The van der Waals surface area contributed by atoms with Gasteiger partial charge in [0.1, 0.15) is 0 Å². The maximum absolute atomic E-state index is 5.87. The van der Waals surface area contributed by atoms with E-state index in [9.17, 15) is 0 Å². The smallest absolute Gasteiger partial charge is 0.250 e. The van der Waals surface area contributed by atoms with E-state index < -0.39 is 0 Å². The highest BCUT2D eigenvalue weighted by molar-refractivity contribution is 5.83. The molecule has 2 aliphatic heterocycles. The van der Waals surface area contributed by atoms with Gasteiger partial charge in [-0.3, -0.25) is 0 Å².